The van der Waals surface area contributed by atoms with Crippen LogP contribution in [-0.4, -0.2) is 16.9 Å². The lowest BCUT2D eigenvalue weighted by Gasteiger charge is -2.06. The summed E-state index contributed by atoms with van der Waals surface area (Å²) < 4.78 is 0. The molecule has 0 saturated heterocycles. The zero-order chi connectivity index (χ0) is 16.7. The summed E-state index contributed by atoms with van der Waals surface area (Å²) in [7, 11) is 0. The highest BCUT2D eigenvalue weighted by Crippen LogP contribution is 2.41. The van der Waals surface area contributed by atoms with Gasteiger partial charge in [0.15, 0.2) is 0 Å². The molecule has 5 heteroatoms. The molecule has 0 spiro atoms. The first-order valence-electron chi connectivity index (χ1n) is 7.80. The van der Waals surface area contributed by atoms with E-state index in [-0.39, 0.29) is 29.1 Å². The maximum Gasteiger partial charge on any atom is 0.268 e. The fourth-order valence-corrected chi connectivity index (χ4v) is 3.24. The second kappa shape index (κ2) is 5.80. The molecule has 1 heterocycles. The molecule has 1 aromatic heterocycles. The molecular weight excluding hydrogens is 324 g/mol. The van der Waals surface area contributed by atoms with Gasteiger partial charge in [-0.15, -0.1) is 0 Å². The molecule has 2 aromatic carbocycles. The summed E-state index contributed by atoms with van der Waals surface area (Å²) in [6.07, 6.45) is 0.879. The molecule has 1 amide bonds. The van der Waals surface area contributed by atoms with E-state index in [1.165, 1.54) is 0 Å². The maximum absolute atomic E-state index is 12.4. The number of halogens is 1. The van der Waals surface area contributed by atoms with Crippen LogP contribution in [0.15, 0.2) is 59.4 Å². The fraction of sp³-hybridized carbons (Fsp3) is 0.158. The Morgan fingerprint density at radius 1 is 1.12 bits per heavy atom. The Balaban J connectivity index is 1.52. The number of benzene rings is 2. The highest BCUT2D eigenvalue weighted by Gasteiger charge is 2.39. The minimum absolute atomic E-state index is 0.0749. The van der Waals surface area contributed by atoms with E-state index in [0.717, 1.165) is 17.4 Å². The van der Waals surface area contributed by atoms with Gasteiger partial charge >= 0.3 is 0 Å². The van der Waals surface area contributed by atoms with E-state index in [4.69, 9.17) is 11.6 Å². The maximum atomic E-state index is 12.4. The van der Waals surface area contributed by atoms with Crippen molar-refractivity contribution in [3.8, 4) is 0 Å². The molecule has 1 saturated carbocycles. The van der Waals surface area contributed by atoms with Gasteiger partial charge in [-0.3, -0.25) is 9.59 Å². The van der Waals surface area contributed by atoms with E-state index in [2.05, 4.69) is 10.3 Å². The molecule has 1 fully saturated rings. The molecule has 4 nitrogen and oxygen atoms in total. The Morgan fingerprint density at radius 3 is 2.79 bits per heavy atom. The normalized spacial score (nSPS) is 19.2. The first-order valence-corrected chi connectivity index (χ1v) is 8.18. The molecule has 0 unspecified atom stereocenters. The van der Waals surface area contributed by atoms with E-state index >= 15 is 0 Å². The molecule has 0 bridgehead atoms. The monoisotopic (exact) mass is 338 g/mol. The van der Waals surface area contributed by atoms with Crippen molar-refractivity contribution in [1.82, 2.24) is 10.3 Å². The van der Waals surface area contributed by atoms with Gasteiger partial charge in [-0.2, -0.15) is 0 Å². The Labute approximate surface area is 143 Å². The predicted octanol–water partition coefficient (Wildman–Crippen LogP) is 3.47. The van der Waals surface area contributed by atoms with Crippen LogP contribution in [0.5, 0.6) is 0 Å². The largest absolute Gasteiger partial charge is 0.347 e. The van der Waals surface area contributed by atoms with E-state index in [1.807, 2.05) is 36.4 Å². The average Bonchev–Trinajstić information content (AvgIpc) is 3.34. The molecule has 1 aliphatic rings. The van der Waals surface area contributed by atoms with E-state index in [1.54, 1.807) is 18.2 Å². The van der Waals surface area contributed by atoms with Gasteiger partial charge in [-0.25, -0.2) is 0 Å². The Morgan fingerprint density at radius 2 is 1.96 bits per heavy atom. The molecule has 24 heavy (non-hydrogen) atoms. The number of aromatic amines is 1. The van der Waals surface area contributed by atoms with Crippen LogP contribution in [-0.2, 0) is 0 Å². The van der Waals surface area contributed by atoms with Crippen molar-refractivity contribution in [2.45, 2.75) is 18.4 Å². The summed E-state index contributed by atoms with van der Waals surface area (Å²) in [5, 5.41) is 5.01. The van der Waals surface area contributed by atoms with Crippen LogP contribution in [0.2, 0.25) is 5.02 Å². The second-order valence-corrected chi connectivity index (χ2v) is 6.51. The highest BCUT2D eigenvalue weighted by atomic mass is 35.5. The molecular formula is C19H15ClN2O2. The Bertz CT molecular complexity index is 996. The molecule has 3 aromatic rings. The van der Waals surface area contributed by atoms with Gasteiger partial charge < -0.3 is 10.3 Å². The lowest BCUT2D eigenvalue weighted by atomic mass is 10.1. The summed E-state index contributed by atoms with van der Waals surface area (Å²) in [5.74, 6) is 0.0206. The molecule has 0 radical (unpaired) electrons. The zero-order valence-electron chi connectivity index (χ0n) is 12.8. The number of H-pyrrole nitrogens is 1. The van der Waals surface area contributed by atoms with Gasteiger partial charge in [0.1, 0.15) is 5.69 Å². The SMILES string of the molecule is O=C(N[C@@H]1C[C@@H]1c1cccc(Cl)c1)c1cc2ccccc2c(=O)[nH]1. The number of hydrogen-bond acceptors (Lipinski definition) is 2. The van der Waals surface area contributed by atoms with Gasteiger partial charge in [0, 0.05) is 22.4 Å². The van der Waals surface area contributed by atoms with Gasteiger partial charge in [-0.1, -0.05) is 41.9 Å². The van der Waals surface area contributed by atoms with Crippen LogP contribution in [0.3, 0.4) is 0 Å². The van der Waals surface area contributed by atoms with Crippen molar-refractivity contribution in [2.75, 3.05) is 0 Å². The summed E-state index contributed by atoms with van der Waals surface area (Å²) in [6.45, 7) is 0. The molecule has 4 rings (SSSR count). The van der Waals surface area contributed by atoms with Crippen LogP contribution >= 0.6 is 11.6 Å². The summed E-state index contributed by atoms with van der Waals surface area (Å²) in [4.78, 5) is 27.2. The number of fused-ring (bicyclic) bond motifs is 1. The summed E-state index contributed by atoms with van der Waals surface area (Å²) >= 11 is 6.01. The summed E-state index contributed by atoms with van der Waals surface area (Å²) in [5.41, 5.74) is 1.16. The van der Waals surface area contributed by atoms with Crippen molar-refractivity contribution in [3.05, 3.63) is 81.2 Å². The number of pyridine rings is 1. The number of aromatic nitrogens is 1. The number of carbonyl (C=O) groups is 1. The van der Waals surface area contributed by atoms with Gasteiger partial charge in [-0.05, 0) is 41.6 Å². The standard InChI is InChI=1S/C19H15ClN2O2/c20-13-6-3-5-11(8-13)15-10-16(15)21-19(24)17-9-12-4-1-2-7-14(12)18(23)22-17/h1-9,15-16H,10H2,(H,21,24)(H,22,23)/t15-,16-/m1/s1. The van der Waals surface area contributed by atoms with Gasteiger partial charge in [0.05, 0.1) is 0 Å². The third-order valence-electron chi connectivity index (χ3n) is 4.38. The van der Waals surface area contributed by atoms with Crippen molar-refractivity contribution >= 4 is 28.3 Å². The summed E-state index contributed by atoms with van der Waals surface area (Å²) in [6, 6.07) is 16.7. The number of carbonyl (C=O) groups excluding carboxylic acids is 1. The number of nitrogens with one attached hydrogen (secondary N) is 2. The van der Waals surface area contributed by atoms with Crippen molar-refractivity contribution < 1.29 is 4.79 Å². The zero-order valence-corrected chi connectivity index (χ0v) is 13.5. The van der Waals surface area contributed by atoms with Crippen LogP contribution in [0.4, 0.5) is 0 Å². The second-order valence-electron chi connectivity index (χ2n) is 6.08. The number of hydrogen-bond donors (Lipinski definition) is 2. The third kappa shape index (κ3) is 2.81. The molecule has 2 atom stereocenters. The smallest absolute Gasteiger partial charge is 0.268 e. The first kappa shape index (κ1) is 15.0. The molecule has 1 aliphatic carbocycles. The van der Waals surface area contributed by atoms with Crippen molar-refractivity contribution in [2.24, 2.45) is 0 Å². The van der Waals surface area contributed by atoms with E-state index in [9.17, 15) is 9.59 Å². The molecule has 0 aliphatic heterocycles. The van der Waals surface area contributed by atoms with Crippen molar-refractivity contribution in [3.63, 3.8) is 0 Å². The van der Waals surface area contributed by atoms with E-state index in [0.29, 0.717) is 10.4 Å². The lowest BCUT2D eigenvalue weighted by Crippen LogP contribution is -2.29. The topological polar surface area (TPSA) is 62.0 Å². The van der Waals surface area contributed by atoms with Crippen molar-refractivity contribution in [1.29, 1.82) is 0 Å². The minimum atomic E-state index is -0.257. The van der Waals surface area contributed by atoms with Crippen LogP contribution in [0.1, 0.15) is 28.4 Å². The average molecular weight is 339 g/mol. The molecule has 120 valence electrons. The number of rotatable bonds is 3. The fourth-order valence-electron chi connectivity index (χ4n) is 3.04. The van der Waals surface area contributed by atoms with Gasteiger partial charge in [0.25, 0.3) is 11.5 Å². The molecule has 2 N–H and O–H groups in total. The highest BCUT2D eigenvalue weighted by molar-refractivity contribution is 6.30. The Hall–Kier alpha value is -2.59. The van der Waals surface area contributed by atoms with Crippen LogP contribution < -0.4 is 10.9 Å². The predicted molar refractivity (Wildman–Crippen MR) is 94.6 cm³/mol. The van der Waals surface area contributed by atoms with Crippen LogP contribution in [0, 0.1) is 0 Å². The van der Waals surface area contributed by atoms with Gasteiger partial charge in [0.2, 0.25) is 0 Å². The minimum Gasteiger partial charge on any atom is -0.347 e. The quantitative estimate of drug-likeness (QED) is 0.768. The Kier molecular flexibility index (Phi) is 3.62. The first-order chi connectivity index (χ1) is 11.6. The van der Waals surface area contributed by atoms with Crippen LogP contribution in [0.25, 0.3) is 10.8 Å². The van der Waals surface area contributed by atoms with E-state index < -0.39 is 0 Å². The number of amides is 1. The third-order valence-corrected chi connectivity index (χ3v) is 4.62. The lowest BCUT2D eigenvalue weighted by molar-refractivity contribution is 0.0945.